The average Bonchev–Trinajstić information content (AvgIpc) is 1.91. The Morgan fingerprint density at radius 3 is 1.38 bits per heavy atom. The van der Waals surface area contributed by atoms with Crippen LogP contribution >= 0.6 is 0 Å². The predicted molar refractivity (Wildman–Crippen MR) is 41.0 cm³/mol. The van der Waals surface area contributed by atoms with E-state index in [1.54, 1.807) is 0 Å². The first-order chi connectivity index (χ1) is 3.81. The first-order valence-electron chi connectivity index (χ1n) is 2.97. The lowest BCUT2D eigenvalue weighted by molar-refractivity contribution is 0.986. The van der Waals surface area contributed by atoms with Gasteiger partial charge in [-0.15, -0.1) is 13.2 Å². The molecule has 0 aliphatic heterocycles. The molecule has 0 aromatic heterocycles. The number of rotatable bonds is 2. The highest BCUT2D eigenvalue weighted by Crippen LogP contribution is 1.98. The van der Waals surface area contributed by atoms with Crippen molar-refractivity contribution in [1.82, 2.24) is 0 Å². The van der Waals surface area contributed by atoms with Crippen molar-refractivity contribution in [2.75, 3.05) is 0 Å². The van der Waals surface area contributed by atoms with E-state index in [9.17, 15) is 0 Å². The monoisotopic (exact) mass is 112 g/mol. The van der Waals surface area contributed by atoms with Crippen molar-refractivity contribution in [1.29, 1.82) is 0 Å². The zero-order valence-electron chi connectivity index (χ0n) is 6.04. The first-order valence-corrected chi connectivity index (χ1v) is 2.97. The Balaban J connectivity index is 0. The van der Waals surface area contributed by atoms with Crippen LogP contribution in [0.3, 0.4) is 0 Å². The molecule has 48 valence electrons. The van der Waals surface area contributed by atoms with E-state index < -0.39 is 0 Å². The van der Waals surface area contributed by atoms with Gasteiger partial charge in [0.15, 0.2) is 0 Å². The molecule has 0 N–H and O–H groups in total. The van der Waals surface area contributed by atoms with Gasteiger partial charge in [-0.2, -0.15) is 0 Å². The molecule has 0 amide bonds. The lowest BCUT2D eigenvalue weighted by Gasteiger charge is -1.89. The van der Waals surface area contributed by atoms with E-state index in [4.69, 9.17) is 0 Å². The molecular weight excluding hydrogens is 96.1 g/mol. The van der Waals surface area contributed by atoms with Crippen LogP contribution in [0.15, 0.2) is 25.3 Å². The summed E-state index contributed by atoms with van der Waals surface area (Å²) in [5.41, 5.74) is 1.34. The van der Waals surface area contributed by atoms with Gasteiger partial charge in [0.2, 0.25) is 0 Å². The van der Waals surface area contributed by atoms with Gasteiger partial charge < -0.3 is 0 Å². The fraction of sp³-hybridized carbons (Fsp3) is 0.500. The van der Waals surface area contributed by atoms with Gasteiger partial charge >= 0.3 is 0 Å². The molecule has 0 nitrogen and oxygen atoms in total. The Bertz CT molecular complexity index is 47.1. The second kappa shape index (κ2) is 9.70. The maximum Gasteiger partial charge on any atom is -0.0352 e. The van der Waals surface area contributed by atoms with E-state index in [2.05, 4.69) is 33.6 Å². The van der Waals surface area contributed by atoms with Crippen molar-refractivity contribution in [3.63, 3.8) is 0 Å². The molecule has 0 aliphatic carbocycles. The normalized spacial score (nSPS) is 6.75. The van der Waals surface area contributed by atoms with Crippen LogP contribution < -0.4 is 0 Å². The fourth-order valence-corrected chi connectivity index (χ4v) is 0.250. The van der Waals surface area contributed by atoms with Crippen LogP contribution in [-0.2, 0) is 0 Å². The summed E-state index contributed by atoms with van der Waals surface area (Å²) < 4.78 is 0. The summed E-state index contributed by atoms with van der Waals surface area (Å²) in [7, 11) is 0. The molecule has 0 aromatic carbocycles. The van der Waals surface area contributed by atoms with E-state index in [0.29, 0.717) is 0 Å². The third-order valence-electron chi connectivity index (χ3n) is 1.000. The maximum atomic E-state index is 3.79. The minimum atomic E-state index is 1.14. The molecule has 0 aliphatic rings. The summed E-state index contributed by atoms with van der Waals surface area (Å²) in [4.78, 5) is 0. The maximum absolute atomic E-state index is 3.79. The van der Waals surface area contributed by atoms with E-state index in [1.807, 2.05) is 0 Å². The number of hydrogen-bond donors (Lipinski definition) is 0. The summed E-state index contributed by atoms with van der Waals surface area (Å²) in [6.07, 6.45) is 2.27. The highest BCUT2D eigenvalue weighted by atomic mass is 13.8. The highest BCUT2D eigenvalue weighted by Gasteiger charge is 1.78. The largest absolute Gasteiger partial charge is 0.106 e. The molecule has 0 saturated carbocycles. The second-order valence-electron chi connectivity index (χ2n) is 1.46. The Kier molecular flexibility index (Phi) is 12.7. The molecule has 0 bridgehead atoms. The molecule has 0 aromatic rings. The topological polar surface area (TPSA) is 0 Å². The van der Waals surface area contributed by atoms with Crippen LogP contribution in [0.5, 0.6) is 0 Å². The summed E-state index contributed by atoms with van der Waals surface area (Å²) in [6.45, 7) is 14.1. The minimum Gasteiger partial charge on any atom is -0.106 e. The van der Waals surface area contributed by atoms with Gasteiger partial charge in [0.05, 0.1) is 0 Å². The van der Waals surface area contributed by atoms with Gasteiger partial charge in [-0.1, -0.05) is 26.0 Å². The smallest absolute Gasteiger partial charge is 0.0352 e. The Morgan fingerprint density at radius 2 is 1.38 bits per heavy atom. The van der Waals surface area contributed by atoms with E-state index in [1.165, 1.54) is 5.57 Å². The third kappa shape index (κ3) is 9.08. The summed E-state index contributed by atoms with van der Waals surface area (Å²) in [5.74, 6) is 0. The summed E-state index contributed by atoms with van der Waals surface area (Å²) in [5, 5.41) is 0. The van der Waals surface area contributed by atoms with Crippen molar-refractivity contribution < 1.29 is 0 Å². The summed E-state index contributed by atoms with van der Waals surface area (Å²) >= 11 is 0. The average molecular weight is 112 g/mol. The van der Waals surface area contributed by atoms with Crippen LogP contribution in [0, 0.1) is 0 Å². The molecule has 8 heavy (non-hydrogen) atoms. The molecule has 0 fully saturated rings. The van der Waals surface area contributed by atoms with Crippen molar-refractivity contribution in [2.45, 2.75) is 26.7 Å². The third-order valence-corrected chi connectivity index (χ3v) is 1.000. The van der Waals surface area contributed by atoms with E-state index in [-0.39, 0.29) is 0 Å². The Morgan fingerprint density at radius 1 is 1.12 bits per heavy atom. The Labute approximate surface area is 52.9 Å². The molecule has 0 heteroatoms. The van der Waals surface area contributed by atoms with Gasteiger partial charge in [-0.05, 0) is 12.8 Å². The van der Waals surface area contributed by atoms with Crippen LogP contribution in [0.2, 0.25) is 0 Å². The summed E-state index contributed by atoms with van der Waals surface area (Å²) in [6, 6.07) is 0. The van der Waals surface area contributed by atoms with Gasteiger partial charge in [0.25, 0.3) is 0 Å². The molecular formula is C8H16. The SMILES string of the molecule is C=C.C=C(CC)CC. The van der Waals surface area contributed by atoms with E-state index in [0.717, 1.165) is 12.8 Å². The molecule has 0 atom stereocenters. The minimum absolute atomic E-state index is 1.14. The Hall–Kier alpha value is -0.520. The molecule has 0 saturated heterocycles. The van der Waals surface area contributed by atoms with E-state index >= 15 is 0 Å². The highest BCUT2D eigenvalue weighted by molar-refractivity contribution is 4.89. The van der Waals surface area contributed by atoms with Crippen LogP contribution in [0.1, 0.15) is 26.7 Å². The molecule has 0 rings (SSSR count). The van der Waals surface area contributed by atoms with Gasteiger partial charge in [0, 0.05) is 0 Å². The lowest BCUT2D eigenvalue weighted by atomic mass is 10.2. The van der Waals surface area contributed by atoms with Gasteiger partial charge in [-0.3, -0.25) is 0 Å². The van der Waals surface area contributed by atoms with Crippen molar-refractivity contribution in [2.24, 2.45) is 0 Å². The number of hydrogen-bond acceptors (Lipinski definition) is 0. The van der Waals surface area contributed by atoms with Crippen molar-refractivity contribution in [3.8, 4) is 0 Å². The fourth-order valence-electron chi connectivity index (χ4n) is 0.250. The molecule has 0 unspecified atom stereocenters. The first kappa shape index (κ1) is 10.5. The second-order valence-corrected chi connectivity index (χ2v) is 1.46. The molecule has 0 spiro atoms. The van der Waals surface area contributed by atoms with Gasteiger partial charge in [0.1, 0.15) is 0 Å². The quantitative estimate of drug-likeness (QED) is 0.481. The zero-order chi connectivity index (χ0) is 6.99. The molecule has 0 radical (unpaired) electrons. The number of allylic oxidation sites excluding steroid dienone is 1. The zero-order valence-corrected chi connectivity index (χ0v) is 6.04. The van der Waals surface area contributed by atoms with Gasteiger partial charge in [-0.25, -0.2) is 0 Å². The van der Waals surface area contributed by atoms with Crippen LogP contribution in [-0.4, -0.2) is 0 Å². The van der Waals surface area contributed by atoms with Crippen LogP contribution in [0.4, 0.5) is 0 Å². The predicted octanol–water partition coefficient (Wildman–Crippen LogP) is 3.16. The van der Waals surface area contributed by atoms with Crippen molar-refractivity contribution >= 4 is 0 Å². The molecule has 0 heterocycles. The van der Waals surface area contributed by atoms with Crippen LogP contribution in [0.25, 0.3) is 0 Å². The van der Waals surface area contributed by atoms with Crippen molar-refractivity contribution in [3.05, 3.63) is 25.3 Å². The lowest BCUT2D eigenvalue weighted by Crippen LogP contribution is -1.68. The standard InChI is InChI=1S/C6H12.C2H4/c1-4-6(3)5-2;1-2/h3-5H2,1-2H3;1-2H2.